The minimum Gasteiger partial charge on any atom is -0.496 e. The maximum Gasteiger partial charge on any atom is 0.122 e. The van der Waals surface area contributed by atoms with Gasteiger partial charge in [0.05, 0.1) is 12.7 Å². The number of rotatable bonds is 7. The van der Waals surface area contributed by atoms with Gasteiger partial charge < -0.3 is 14.8 Å². The smallest absolute Gasteiger partial charge is 0.122 e. The lowest BCUT2D eigenvalue weighted by Gasteiger charge is -2.28. The summed E-state index contributed by atoms with van der Waals surface area (Å²) in [6.07, 6.45) is 1.85. The molecule has 0 fully saturated rings. The Hall–Kier alpha value is -0.580. The summed E-state index contributed by atoms with van der Waals surface area (Å²) in [5.74, 6) is 0.929. The summed E-state index contributed by atoms with van der Waals surface area (Å²) in [5.41, 5.74) is 1.07. The van der Waals surface area contributed by atoms with Crippen molar-refractivity contribution in [1.82, 2.24) is 5.32 Å². The van der Waals surface area contributed by atoms with Crippen molar-refractivity contribution in [2.24, 2.45) is 0 Å². The molecule has 0 bridgehead atoms. The minimum absolute atomic E-state index is 0.132. The molecule has 1 N–H and O–H groups in total. The number of likely N-dealkylation sites (N-methyl/N-ethyl adjacent to an activating group) is 1. The van der Waals surface area contributed by atoms with Gasteiger partial charge in [-0.1, -0.05) is 15.9 Å². The standard InChI is InChI=1S/C15H24BrNO2/c1-15(2,19-5)10-13(17-3)9-11-8-12(16)6-7-14(11)18-4/h6-8,13,17H,9-10H2,1-5H3. The van der Waals surface area contributed by atoms with E-state index in [4.69, 9.17) is 9.47 Å². The van der Waals surface area contributed by atoms with Crippen LogP contribution in [0.25, 0.3) is 0 Å². The average molecular weight is 330 g/mol. The molecule has 4 heteroatoms. The monoisotopic (exact) mass is 329 g/mol. The topological polar surface area (TPSA) is 30.5 Å². The highest BCUT2D eigenvalue weighted by atomic mass is 79.9. The Morgan fingerprint density at radius 3 is 2.53 bits per heavy atom. The van der Waals surface area contributed by atoms with Gasteiger partial charge in [-0.25, -0.2) is 0 Å². The van der Waals surface area contributed by atoms with E-state index in [1.165, 1.54) is 5.56 Å². The predicted octanol–water partition coefficient (Wildman–Crippen LogP) is 3.40. The van der Waals surface area contributed by atoms with Crippen molar-refractivity contribution < 1.29 is 9.47 Å². The molecule has 0 aliphatic rings. The second-order valence-corrected chi connectivity index (χ2v) is 6.23. The van der Waals surface area contributed by atoms with Crippen LogP contribution in [0.1, 0.15) is 25.8 Å². The van der Waals surface area contributed by atoms with Gasteiger partial charge in [0.25, 0.3) is 0 Å². The van der Waals surface area contributed by atoms with Crippen molar-refractivity contribution in [3.63, 3.8) is 0 Å². The molecule has 0 aliphatic heterocycles. The molecule has 1 atom stereocenters. The zero-order valence-electron chi connectivity index (χ0n) is 12.4. The van der Waals surface area contributed by atoms with Crippen molar-refractivity contribution in [2.75, 3.05) is 21.3 Å². The Morgan fingerprint density at radius 1 is 1.32 bits per heavy atom. The van der Waals surface area contributed by atoms with Gasteiger partial charge >= 0.3 is 0 Å². The van der Waals surface area contributed by atoms with Gasteiger partial charge in [0.1, 0.15) is 5.75 Å². The van der Waals surface area contributed by atoms with Crippen LogP contribution in [0.15, 0.2) is 22.7 Å². The summed E-state index contributed by atoms with van der Waals surface area (Å²) in [7, 11) is 5.45. The van der Waals surface area contributed by atoms with Gasteiger partial charge in [-0.2, -0.15) is 0 Å². The molecule has 0 saturated heterocycles. The summed E-state index contributed by atoms with van der Waals surface area (Å²) in [4.78, 5) is 0. The zero-order valence-corrected chi connectivity index (χ0v) is 14.0. The average Bonchev–Trinajstić information content (AvgIpc) is 2.38. The molecule has 0 saturated carbocycles. The van der Waals surface area contributed by atoms with Gasteiger partial charge in [-0.3, -0.25) is 0 Å². The van der Waals surface area contributed by atoms with Crippen LogP contribution in [-0.2, 0) is 11.2 Å². The second kappa shape index (κ2) is 7.27. The first-order chi connectivity index (χ1) is 8.91. The first kappa shape index (κ1) is 16.5. The molecular formula is C15H24BrNO2. The van der Waals surface area contributed by atoms with Gasteiger partial charge in [0.15, 0.2) is 0 Å². The lowest BCUT2D eigenvalue weighted by atomic mass is 9.94. The molecule has 0 amide bonds. The maximum atomic E-state index is 5.51. The maximum absolute atomic E-state index is 5.51. The fourth-order valence-corrected chi connectivity index (χ4v) is 2.53. The Balaban J connectivity index is 2.83. The van der Waals surface area contributed by atoms with E-state index in [0.717, 1.165) is 23.1 Å². The Kier molecular flexibility index (Phi) is 6.30. The van der Waals surface area contributed by atoms with Gasteiger partial charge in [-0.05, 0) is 57.5 Å². The van der Waals surface area contributed by atoms with Crippen LogP contribution in [-0.4, -0.2) is 32.9 Å². The van der Waals surface area contributed by atoms with E-state index in [1.54, 1.807) is 14.2 Å². The third-order valence-corrected chi connectivity index (χ3v) is 3.90. The Morgan fingerprint density at radius 2 is 2.00 bits per heavy atom. The van der Waals surface area contributed by atoms with Crippen LogP contribution >= 0.6 is 15.9 Å². The number of hydrogen-bond acceptors (Lipinski definition) is 3. The SMILES string of the molecule is CNC(Cc1cc(Br)ccc1OC)CC(C)(C)OC. The highest BCUT2D eigenvalue weighted by Crippen LogP contribution is 2.26. The van der Waals surface area contributed by atoms with Crippen molar-refractivity contribution >= 4 is 15.9 Å². The summed E-state index contributed by atoms with van der Waals surface area (Å²) in [6, 6.07) is 6.45. The molecule has 0 spiro atoms. The lowest BCUT2D eigenvalue weighted by Crippen LogP contribution is -2.37. The largest absolute Gasteiger partial charge is 0.496 e. The van der Waals surface area contributed by atoms with Crippen LogP contribution in [0.5, 0.6) is 5.75 Å². The molecule has 0 aromatic heterocycles. The first-order valence-corrected chi connectivity index (χ1v) is 7.26. The molecule has 3 nitrogen and oxygen atoms in total. The zero-order chi connectivity index (χ0) is 14.5. The lowest BCUT2D eigenvalue weighted by molar-refractivity contribution is 0.00768. The van der Waals surface area contributed by atoms with E-state index in [0.29, 0.717) is 6.04 Å². The number of nitrogens with one attached hydrogen (secondary N) is 1. The van der Waals surface area contributed by atoms with E-state index < -0.39 is 0 Å². The molecule has 108 valence electrons. The van der Waals surface area contributed by atoms with Crippen LogP contribution in [0.2, 0.25) is 0 Å². The fourth-order valence-electron chi connectivity index (χ4n) is 2.13. The number of halogens is 1. The molecule has 1 rings (SSSR count). The van der Waals surface area contributed by atoms with E-state index >= 15 is 0 Å². The molecular weight excluding hydrogens is 306 g/mol. The highest BCUT2D eigenvalue weighted by molar-refractivity contribution is 9.10. The normalized spacial score (nSPS) is 13.4. The third kappa shape index (κ3) is 5.13. The van der Waals surface area contributed by atoms with Crippen molar-refractivity contribution in [3.05, 3.63) is 28.2 Å². The first-order valence-electron chi connectivity index (χ1n) is 6.46. The predicted molar refractivity (Wildman–Crippen MR) is 83.0 cm³/mol. The summed E-state index contributed by atoms with van der Waals surface area (Å²) >= 11 is 3.51. The molecule has 0 radical (unpaired) electrons. The highest BCUT2D eigenvalue weighted by Gasteiger charge is 2.23. The van der Waals surface area contributed by atoms with Crippen LogP contribution < -0.4 is 10.1 Å². The summed E-state index contributed by atoms with van der Waals surface area (Å²) in [5, 5.41) is 3.36. The van der Waals surface area contributed by atoms with E-state index in [-0.39, 0.29) is 5.60 Å². The summed E-state index contributed by atoms with van der Waals surface area (Å²) in [6.45, 7) is 4.21. The minimum atomic E-state index is -0.132. The van der Waals surface area contributed by atoms with Crippen molar-refractivity contribution in [1.29, 1.82) is 0 Å². The van der Waals surface area contributed by atoms with E-state index in [9.17, 15) is 0 Å². The van der Waals surface area contributed by atoms with Gasteiger partial charge in [-0.15, -0.1) is 0 Å². The molecule has 1 aromatic carbocycles. The molecule has 0 aliphatic carbocycles. The van der Waals surface area contributed by atoms with Crippen molar-refractivity contribution in [3.8, 4) is 5.75 Å². The number of hydrogen-bond donors (Lipinski definition) is 1. The molecule has 1 aromatic rings. The fraction of sp³-hybridized carbons (Fsp3) is 0.600. The molecule has 19 heavy (non-hydrogen) atoms. The van der Waals surface area contributed by atoms with E-state index in [1.807, 2.05) is 19.2 Å². The second-order valence-electron chi connectivity index (χ2n) is 5.31. The van der Waals surface area contributed by atoms with Gasteiger partial charge in [0.2, 0.25) is 0 Å². The quantitative estimate of drug-likeness (QED) is 0.831. The Bertz CT molecular complexity index is 407. The Labute approximate surface area is 124 Å². The van der Waals surface area contributed by atoms with Crippen LogP contribution in [0, 0.1) is 0 Å². The number of ether oxygens (including phenoxy) is 2. The van der Waals surface area contributed by atoms with Gasteiger partial charge in [0, 0.05) is 17.6 Å². The third-order valence-electron chi connectivity index (χ3n) is 3.41. The van der Waals surface area contributed by atoms with E-state index in [2.05, 4.69) is 41.2 Å². The van der Waals surface area contributed by atoms with Crippen LogP contribution in [0.4, 0.5) is 0 Å². The molecule has 1 unspecified atom stereocenters. The van der Waals surface area contributed by atoms with Crippen molar-refractivity contribution in [2.45, 2.75) is 38.3 Å². The summed E-state index contributed by atoms with van der Waals surface area (Å²) < 4.78 is 12.0. The molecule has 0 heterocycles. The number of benzene rings is 1. The van der Waals surface area contributed by atoms with Crippen LogP contribution in [0.3, 0.4) is 0 Å². The number of methoxy groups -OCH3 is 2.